The number of carbonyl (C=O) groups excluding carboxylic acids is 1. The van der Waals surface area contributed by atoms with Gasteiger partial charge in [-0.05, 0) is 46.2 Å². The van der Waals surface area contributed by atoms with Gasteiger partial charge in [-0.25, -0.2) is 4.98 Å². The summed E-state index contributed by atoms with van der Waals surface area (Å²) >= 11 is 1.52. The molecule has 1 atom stereocenters. The SMILES string of the molecule is O=C(/C=C/c1ccc(-n2ccnc2)cc1)NCC(O)c1ccsc1. The molecule has 6 heteroatoms. The Kier molecular flexibility index (Phi) is 5.20. The number of benzene rings is 1. The molecule has 24 heavy (non-hydrogen) atoms. The van der Waals surface area contributed by atoms with E-state index in [9.17, 15) is 9.90 Å². The molecule has 122 valence electrons. The fourth-order valence-electron chi connectivity index (χ4n) is 2.18. The van der Waals surface area contributed by atoms with E-state index in [1.807, 2.05) is 51.9 Å². The van der Waals surface area contributed by atoms with Gasteiger partial charge in [0.2, 0.25) is 5.91 Å². The average Bonchev–Trinajstić information content (AvgIpc) is 3.31. The number of thiophene rings is 1. The van der Waals surface area contributed by atoms with Gasteiger partial charge in [0.1, 0.15) is 0 Å². The lowest BCUT2D eigenvalue weighted by Crippen LogP contribution is -2.26. The highest BCUT2D eigenvalue weighted by molar-refractivity contribution is 7.07. The fraction of sp³-hybridized carbons (Fsp3) is 0.111. The summed E-state index contributed by atoms with van der Waals surface area (Å²) in [6, 6.07) is 9.62. The molecule has 0 bridgehead atoms. The molecule has 1 unspecified atom stereocenters. The zero-order valence-corrected chi connectivity index (χ0v) is 13.7. The van der Waals surface area contributed by atoms with Crippen LogP contribution in [0.5, 0.6) is 0 Å². The van der Waals surface area contributed by atoms with Crippen molar-refractivity contribution in [3.8, 4) is 5.69 Å². The number of hydrogen-bond donors (Lipinski definition) is 2. The van der Waals surface area contributed by atoms with E-state index in [0.29, 0.717) is 0 Å². The minimum atomic E-state index is -0.678. The lowest BCUT2D eigenvalue weighted by atomic mass is 10.2. The summed E-state index contributed by atoms with van der Waals surface area (Å²) < 4.78 is 1.91. The molecule has 0 fully saturated rings. The number of nitrogens with zero attached hydrogens (tertiary/aromatic N) is 2. The summed E-state index contributed by atoms with van der Waals surface area (Å²) in [7, 11) is 0. The van der Waals surface area contributed by atoms with Gasteiger partial charge in [-0.15, -0.1) is 0 Å². The van der Waals surface area contributed by atoms with Crippen molar-refractivity contribution in [1.82, 2.24) is 14.9 Å². The van der Waals surface area contributed by atoms with Crippen molar-refractivity contribution in [2.45, 2.75) is 6.10 Å². The van der Waals surface area contributed by atoms with Gasteiger partial charge in [0.25, 0.3) is 0 Å². The molecule has 2 heterocycles. The van der Waals surface area contributed by atoms with Crippen LogP contribution in [0.1, 0.15) is 17.2 Å². The van der Waals surface area contributed by atoms with Gasteiger partial charge >= 0.3 is 0 Å². The Bertz CT molecular complexity index is 793. The number of aromatic nitrogens is 2. The first-order chi connectivity index (χ1) is 11.7. The van der Waals surface area contributed by atoms with E-state index in [1.54, 1.807) is 18.6 Å². The van der Waals surface area contributed by atoms with Gasteiger partial charge in [0.05, 0.1) is 12.4 Å². The van der Waals surface area contributed by atoms with Crippen molar-refractivity contribution in [3.05, 3.63) is 77.0 Å². The molecule has 2 aromatic heterocycles. The minimum Gasteiger partial charge on any atom is -0.387 e. The molecule has 0 aliphatic carbocycles. The molecule has 1 amide bonds. The molecule has 0 aliphatic heterocycles. The normalized spacial score (nSPS) is 12.4. The summed E-state index contributed by atoms with van der Waals surface area (Å²) in [4.78, 5) is 15.8. The maximum absolute atomic E-state index is 11.8. The van der Waals surface area contributed by atoms with Gasteiger partial charge in [0, 0.05) is 30.7 Å². The molecule has 1 aromatic carbocycles. The molecule has 3 rings (SSSR count). The molecule has 3 aromatic rings. The van der Waals surface area contributed by atoms with Crippen LogP contribution in [0.3, 0.4) is 0 Å². The van der Waals surface area contributed by atoms with Crippen molar-refractivity contribution in [2.75, 3.05) is 6.54 Å². The third-order valence-corrected chi connectivity index (χ3v) is 4.22. The van der Waals surface area contributed by atoms with Crippen molar-refractivity contribution in [1.29, 1.82) is 0 Å². The standard InChI is InChI=1S/C18H17N3O2S/c22-17(15-7-10-24-12-15)11-20-18(23)6-3-14-1-4-16(5-2-14)21-9-8-19-13-21/h1-10,12-13,17,22H,11H2,(H,20,23)/b6-3+. The van der Waals surface area contributed by atoms with E-state index in [1.165, 1.54) is 17.4 Å². The first-order valence-electron chi connectivity index (χ1n) is 7.47. The Morgan fingerprint density at radius 2 is 2.17 bits per heavy atom. The molecular weight excluding hydrogens is 322 g/mol. The van der Waals surface area contributed by atoms with Crippen molar-refractivity contribution in [3.63, 3.8) is 0 Å². The van der Waals surface area contributed by atoms with E-state index in [0.717, 1.165) is 16.8 Å². The smallest absolute Gasteiger partial charge is 0.244 e. The van der Waals surface area contributed by atoms with E-state index >= 15 is 0 Å². The van der Waals surface area contributed by atoms with E-state index in [4.69, 9.17) is 0 Å². The second-order valence-corrected chi connectivity index (χ2v) is 5.99. The molecular formula is C18H17N3O2S. The van der Waals surface area contributed by atoms with Crippen molar-refractivity contribution in [2.24, 2.45) is 0 Å². The molecule has 5 nitrogen and oxygen atoms in total. The number of amides is 1. The third-order valence-electron chi connectivity index (χ3n) is 3.52. The largest absolute Gasteiger partial charge is 0.387 e. The molecule has 0 saturated heterocycles. The molecule has 2 N–H and O–H groups in total. The van der Waals surface area contributed by atoms with Crippen LogP contribution >= 0.6 is 11.3 Å². The number of aliphatic hydroxyl groups is 1. The number of imidazole rings is 1. The van der Waals surface area contributed by atoms with Crippen LogP contribution in [-0.4, -0.2) is 27.1 Å². The fourth-order valence-corrected chi connectivity index (χ4v) is 2.89. The van der Waals surface area contributed by atoms with Crippen LogP contribution in [-0.2, 0) is 4.79 Å². The van der Waals surface area contributed by atoms with Crippen LogP contribution in [0.2, 0.25) is 0 Å². The zero-order chi connectivity index (χ0) is 16.8. The van der Waals surface area contributed by atoms with E-state index in [2.05, 4.69) is 10.3 Å². The zero-order valence-electron chi connectivity index (χ0n) is 12.9. The van der Waals surface area contributed by atoms with Crippen LogP contribution in [0.4, 0.5) is 0 Å². The number of carbonyl (C=O) groups is 1. The number of rotatable bonds is 6. The topological polar surface area (TPSA) is 67.2 Å². The highest BCUT2D eigenvalue weighted by Gasteiger charge is 2.08. The Hall–Kier alpha value is -2.70. The third kappa shape index (κ3) is 4.18. The average molecular weight is 339 g/mol. The first kappa shape index (κ1) is 16.2. The van der Waals surface area contributed by atoms with Crippen molar-refractivity contribution >= 4 is 23.3 Å². The molecule has 0 radical (unpaired) electrons. The highest BCUT2D eigenvalue weighted by Crippen LogP contribution is 2.15. The van der Waals surface area contributed by atoms with Gasteiger partial charge in [-0.1, -0.05) is 12.1 Å². The monoisotopic (exact) mass is 339 g/mol. The second kappa shape index (κ2) is 7.72. The lowest BCUT2D eigenvalue weighted by molar-refractivity contribution is -0.116. The van der Waals surface area contributed by atoms with Crippen LogP contribution in [0, 0.1) is 0 Å². The lowest BCUT2D eigenvalue weighted by Gasteiger charge is -2.08. The number of aliphatic hydroxyl groups excluding tert-OH is 1. The summed E-state index contributed by atoms with van der Waals surface area (Å²) in [5.41, 5.74) is 2.75. The summed E-state index contributed by atoms with van der Waals surface area (Å²) in [5, 5.41) is 16.4. The Morgan fingerprint density at radius 3 is 2.83 bits per heavy atom. The van der Waals surface area contributed by atoms with Gasteiger partial charge in [0.15, 0.2) is 0 Å². The minimum absolute atomic E-state index is 0.194. The Morgan fingerprint density at radius 1 is 1.33 bits per heavy atom. The quantitative estimate of drug-likeness (QED) is 0.679. The summed E-state index contributed by atoms with van der Waals surface area (Å²) in [6.45, 7) is 0.194. The van der Waals surface area contributed by atoms with Gasteiger partial charge < -0.3 is 15.0 Å². The van der Waals surface area contributed by atoms with E-state index < -0.39 is 6.10 Å². The van der Waals surface area contributed by atoms with E-state index in [-0.39, 0.29) is 12.5 Å². The summed E-state index contributed by atoms with van der Waals surface area (Å²) in [6.07, 6.45) is 7.86. The Balaban J connectivity index is 1.52. The van der Waals surface area contributed by atoms with Crippen LogP contribution < -0.4 is 5.32 Å². The number of nitrogens with one attached hydrogen (secondary N) is 1. The maximum atomic E-state index is 11.8. The van der Waals surface area contributed by atoms with Gasteiger partial charge in [-0.2, -0.15) is 11.3 Å². The second-order valence-electron chi connectivity index (χ2n) is 5.21. The predicted octanol–water partition coefficient (Wildman–Crippen LogP) is 2.80. The molecule has 0 saturated carbocycles. The molecule has 0 spiro atoms. The van der Waals surface area contributed by atoms with Crippen LogP contribution in [0.25, 0.3) is 11.8 Å². The predicted molar refractivity (Wildman–Crippen MR) is 94.9 cm³/mol. The van der Waals surface area contributed by atoms with Gasteiger partial charge in [-0.3, -0.25) is 4.79 Å². The van der Waals surface area contributed by atoms with Crippen molar-refractivity contribution < 1.29 is 9.90 Å². The molecule has 0 aliphatic rings. The van der Waals surface area contributed by atoms with Crippen LogP contribution in [0.15, 0.2) is 65.9 Å². The highest BCUT2D eigenvalue weighted by atomic mass is 32.1. The Labute approximate surface area is 143 Å². The first-order valence-corrected chi connectivity index (χ1v) is 8.41. The summed E-state index contributed by atoms with van der Waals surface area (Å²) in [5.74, 6) is -0.233. The maximum Gasteiger partial charge on any atom is 0.244 e. The number of hydrogen-bond acceptors (Lipinski definition) is 4.